The number of pyridine rings is 1. The molecule has 0 aliphatic heterocycles. The van der Waals surface area contributed by atoms with Crippen LogP contribution in [0.15, 0.2) is 30.3 Å². The number of aromatic nitrogens is 1. The van der Waals surface area contributed by atoms with Crippen LogP contribution in [0.2, 0.25) is 0 Å². The molecule has 7 nitrogen and oxygen atoms in total. The van der Waals surface area contributed by atoms with Crippen molar-refractivity contribution in [2.75, 3.05) is 13.7 Å². The van der Waals surface area contributed by atoms with Crippen molar-refractivity contribution in [3.63, 3.8) is 0 Å². The third kappa shape index (κ3) is 3.14. The first-order valence-corrected chi connectivity index (χ1v) is 5.71. The minimum Gasteiger partial charge on any atom is -0.491 e. The Bertz CT molecular complexity index is 656. The van der Waals surface area contributed by atoms with Crippen LogP contribution in [-0.2, 0) is 4.79 Å². The third-order valence-corrected chi connectivity index (χ3v) is 2.45. The Balaban J connectivity index is 2.23. The van der Waals surface area contributed by atoms with E-state index in [0.29, 0.717) is 5.52 Å². The summed E-state index contributed by atoms with van der Waals surface area (Å²) in [5.74, 6) is -0.899. The highest BCUT2D eigenvalue weighted by atomic mass is 16.6. The van der Waals surface area contributed by atoms with Crippen molar-refractivity contribution in [2.24, 2.45) is 0 Å². The molecule has 1 aromatic carbocycles. The van der Waals surface area contributed by atoms with Crippen LogP contribution < -0.4 is 14.8 Å². The molecular weight excluding hydrogens is 264 g/mol. The zero-order valence-corrected chi connectivity index (χ0v) is 10.6. The average Bonchev–Trinajstić information content (AvgIpc) is 2.44. The van der Waals surface area contributed by atoms with Crippen LogP contribution in [0.4, 0.5) is 4.79 Å². The number of hydrogen-bond acceptors (Lipinski definition) is 5. The molecule has 1 amide bonds. The second-order valence-electron chi connectivity index (χ2n) is 3.83. The fraction of sp³-hybridized carbons (Fsp3) is 0.154. The van der Waals surface area contributed by atoms with Crippen molar-refractivity contribution in [2.45, 2.75) is 0 Å². The van der Waals surface area contributed by atoms with Crippen LogP contribution >= 0.6 is 0 Å². The van der Waals surface area contributed by atoms with Crippen LogP contribution in [0.25, 0.3) is 10.9 Å². The largest absolute Gasteiger partial charge is 0.491 e. The van der Waals surface area contributed by atoms with Crippen LogP contribution in [0.5, 0.6) is 11.6 Å². The number of fused-ring (bicyclic) bond motifs is 1. The van der Waals surface area contributed by atoms with Crippen molar-refractivity contribution in [1.29, 1.82) is 0 Å². The molecule has 1 aromatic heterocycles. The van der Waals surface area contributed by atoms with Gasteiger partial charge in [-0.05, 0) is 12.1 Å². The summed E-state index contributed by atoms with van der Waals surface area (Å²) >= 11 is 0. The van der Waals surface area contributed by atoms with Gasteiger partial charge in [-0.2, -0.15) is 0 Å². The van der Waals surface area contributed by atoms with Gasteiger partial charge in [-0.3, -0.25) is 4.79 Å². The van der Waals surface area contributed by atoms with E-state index in [1.807, 2.05) is 12.1 Å². The summed E-state index contributed by atoms with van der Waals surface area (Å²) in [5.41, 5.74) is 0.634. The number of methoxy groups -OCH3 is 1. The Kier molecular flexibility index (Phi) is 3.99. The molecule has 0 atom stereocenters. The maximum atomic E-state index is 11.4. The number of hydrogen-bond donors (Lipinski definition) is 2. The third-order valence-electron chi connectivity index (χ3n) is 2.45. The number of amides is 1. The fourth-order valence-electron chi connectivity index (χ4n) is 1.57. The predicted molar refractivity (Wildman–Crippen MR) is 70.0 cm³/mol. The zero-order valence-electron chi connectivity index (χ0n) is 10.6. The van der Waals surface area contributed by atoms with Gasteiger partial charge in [-0.25, -0.2) is 9.78 Å². The lowest BCUT2D eigenvalue weighted by Crippen LogP contribution is -2.32. The average molecular weight is 276 g/mol. The van der Waals surface area contributed by atoms with Gasteiger partial charge in [0.25, 0.3) is 5.88 Å². The zero-order chi connectivity index (χ0) is 14.5. The molecule has 104 valence electrons. The molecule has 20 heavy (non-hydrogen) atoms. The van der Waals surface area contributed by atoms with E-state index in [1.54, 1.807) is 18.2 Å². The number of carbonyl (C=O) groups excluding carboxylic acids is 1. The van der Waals surface area contributed by atoms with Gasteiger partial charge >= 0.3 is 12.1 Å². The van der Waals surface area contributed by atoms with E-state index in [0.717, 1.165) is 5.39 Å². The van der Waals surface area contributed by atoms with Crippen LogP contribution in [0.3, 0.4) is 0 Å². The van der Waals surface area contributed by atoms with Gasteiger partial charge in [0.2, 0.25) is 0 Å². The molecule has 0 aliphatic rings. The number of para-hydroxylation sites is 1. The lowest BCUT2D eigenvalue weighted by molar-refractivity contribution is -0.135. The first kappa shape index (κ1) is 13.6. The van der Waals surface area contributed by atoms with E-state index < -0.39 is 18.6 Å². The van der Waals surface area contributed by atoms with E-state index in [2.05, 4.69) is 10.3 Å². The Morgan fingerprint density at radius 2 is 2.10 bits per heavy atom. The Morgan fingerprint density at radius 3 is 2.80 bits per heavy atom. The summed E-state index contributed by atoms with van der Waals surface area (Å²) in [6.07, 6.45) is -0.909. The topological polar surface area (TPSA) is 97.8 Å². The Morgan fingerprint density at radius 1 is 1.35 bits per heavy atom. The quantitative estimate of drug-likeness (QED) is 0.876. The fourth-order valence-corrected chi connectivity index (χ4v) is 1.57. The van der Waals surface area contributed by atoms with E-state index in [-0.39, 0.29) is 11.6 Å². The standard InChI is InChI=1S/C13H12N2O5/c1-19-10-6-8-4-2-3-5-9(8)15-12(10)20-13(18)14-7-11(16)17/h2-6H,7H2,1H3,(H,14,18)(H,16,17). The molecule has 1 heterocycles. The highest BCUT2D eigenvalue weighted by molar-refractivity contribution is 5.82. The molecule has 7 heteroatoms. The number of nitrogens with zero attached hydrogens (tertiary/aromatic N) is 1. The minimum atomic E-state index is -1.17. The number of carboxylic acids is 1. The lowest BCUT2D eigenvalue weighted by Gasteiger charge is -2.09. The molecule has 0 saturated heterocycles. The molecule has 2 N–H and O–H groups in total. The van der Waals surface area contributed by atoms with Crippen LogP contribution in [0, 0.1) is 0 Å². The SMILES string of the molecule is COc1cc2ccccc2nc1OC(=O)NCC(=O)O. The molecule has 0 bridgehead atoms. The highest BCUT2D eigenvalue weighted by Crippen LogP contribution is 2.28. The number of benzene rings is 1. The number of carboxylic acid groups (broad SMARTS) is 1. The molecule has 0 aliphatic carbocycles. The molecule has 0 radical (unpaired) electrons. The summed E-state index contributed by atoms with van der Waals surface area (Å²) in [7, 11) is 1.42. The van der Waals surface area contributed by atoms with Gasteiger partial charge in [-0.1, -0.05) is 18.2 Å². The molecular formula is C13H12N2O5. The molecule has 0 saturated carbocycles. The molecule has 2 aromatic rings. The number of nitrogens with one attached hydrogen (secondary N) is 1. The molecule has 0 unspecified atom stereocenters. The Hall–Kier alpha value is -2.83. The first-order chi connectivity index (χ1) is 9.60. The number of carbonyl (C=O) groups is 2. The summed E-state index contributed by atoms with van der Waals surface area (Å²) < 4.78 is 10.0. The predicted octanol–water partition coefficient (Wildman–Crippen LogP) is 1.42. The smallest absolute Gasteiger partial charge is 0.414 e. The maximum Gasteiger partial charge on any atom is 0.414 e. The van der Waals surface area contributed by atoms with Crippen LogP contribution in [0.1, 0.15) is 0 Å². The van der Waals surface area contributed by atoms with Crippen molar-refractivity contribution < 1.29 is 24.2 Å². The van der Waals surface area contributed by atoms with Crippen molar-refractivity contribution in [3.05, 3.63) is 30.3 Å². The minimum absolute atomic E-state index is 0.0194. The van der Waals surface area contributed by atoms with Gasteiger partial charge in [0.15, 0.2) is 5.75 Å². The Labute approximate surface area is 114 Å². The van der Waals surface area contributed by atoms with Crippen molar-refractivity contribution in [3.8, 4) is 11.6 Å². The van der Waals surface area contributed by atoms with Gasteiger partial charge < -0.3 is 19.9 Å². The van der Waals surface area contributed by atoms with Gasteiger partial charge in [0.1, 0.15) is 6.54 Å². The normalized spacial score (nSPS) is 10.1. The number of ether oxygens (including phenoxy) is 2. The monoisotopic (exact) mass is 276 g/mol. The van der Waals surface area contributed by atoms with Crippen molar-refractivity contribution in [1.82, 2.24) is 10.3 Å². The first-order valence-electron chi connectivity index (χ1n) is 5.71. The van der Waals surface area contributed by atoms with Gasteiger partial charge in [0, 0.05) is 5.39 Å². The second kappa shape index (κ2) is 5.87. The van der Waals surface area contributed by atoms with E-state index in [1.165, 1.54) is 7.11 Å². The summed E-state index contributed by atoms with van der Waals surface area (Å²) in [5, 5.41) is 11.4. The summed E-state index contributed by atoms with van der Waals surface area (Å²) in [6, 6.07) is 8.94. The number of aliphatic carboxylic acids is 1. The number of rotatable bonds is 4. The highest BCUT2D eigenvalue weighted by Gasteiger charge is 2.13. The van der Waals surface area contributed by atoms with Gasteiger partial charge in [0.05, 0.1) is 12.6 Å². The maximum absolute atomic E-state index is 11.4. The van der Waals surface area contributed by atoms with Crippen LogP contribution in [-0.4, -0.2) is 35.8 Å². The van der Waals surface area contributed by atoms with E-state index in [4.69, 9.17) is 14.6 Å². The lowest BCUT2D eigenvalue weighted by atomic mass is 10.2. The van der Waals surface area contributed by atoms with Gasteiger partial charge in [-0.15, -0.1) is 0 Å². The molecule has 2 rings (SSSR count). The summed E-state index contributed by atoms with van der Waals surface area (Å²) in [4.78, 5) is 25.9. The second-order valence-corrected chi connectivity index (χ2v) is 3.83. The summed E-state index contributed by atoms with van der Waals surface area (Å²) in [6.45, 7) is -0.533. The van der Waals surface area contributed by atoms with Crippen molar-refractivity contribution >= 4 is 23.0 Å². The molecule has 0 spiro atoms. The van der Waals surface area contributed by atoms with E-state index in [9.17, 15) is 9.59 Å². The van der Waals surface area contributed by atoms with E-state index >= 15 is 0 Å². The molecule has 0 fully saturated rings.